The Morgan fingerprint density at radius 1 is 1.47 bits per heavy atom. The van der Waals surface area contributed by atoms with Crippen LogP contribution >= 0.6 is 0 Å². The van der Waals surface area contributed by atoms with E-state index >= 15 is 0 Å². The number of piperidine rings is 1. The first-order chi connectivity index (χ1) is 8.81. The maximum absolute atomic E-state index is 10.6. The molecule has 0 aliphatic carbocycles. The van der Waals surface area contributed by atoms with Crippen LogP contribution in [0.5, 0.6) is 0 Å². The summed E-state index contributed by atoms with van der Waals surface area (Å²) >= 11 is 0. The van der Waals surface area contributed by atoms with E-state index < -0.39 is 12.1 Å². The molecule has 0 radical (unpaired) electrons. The number of hydrogen-bond acceptors (Lipinski definition) is 4. The Morgan fingerprint density at radius 3 is 2.42 bits per heavy atom. The van der Waals surface area contributed by atoms with Gasteiger partial charge in [0.15, 0.2) is 0 Å². The Labute approximate surface area is 109 Å². The molecule has 0 saturated carbocycles. The summed E-state index contributed by atoms with van der Waals surface area (Å²) in [6, 6.07) is 0. The van der Waals surface area contributed by atoms with Gasteiger partial charge < -0.3 is 19.9 Å². The fourth-order valence-electron chi connectivity index (χ4n) is 1.38. The van der Waals surface area contributed by atoms with Gasteiger partial charge in [-0.3, -0.25) is 0 Å². The predicted molar refractivity (Wildman–Crippen MR) is 61.9 cm³/mol. The molecule has 0 aromatic carbocycles. The molecule has 8 heteroatoms. The lowest BCUT2D eigenvalue weighted by Crippen LogP contribution is -2.44. The molecule has 1 aliphatic heterocycles. The lowest BCUT2D eigenvalue weighted by Gasteiger charge is -2.28. The molecule has 0 spiro atoms. The molecule has 2 atom stereocenters. The summed E-state index contributed by atoms with van der Waals surface area (Å²) < 4.78 is 42.5. The minimum atomic E-state index is -5.08. The second-order valence-electron chi connectivity index (χ2n) is 3.80. The van der Waals surface area contributed by atoms with Crippen molar-refractivity contribution in [3.05, 3.63) is 12.7 Å². The molecule has 112 valence electrons. The fourth-order valence-corrected chi connectivity index (χ4v) is 1.38. The third kappa shape index (κ3) is 8.57. The average molecular weight is 285 g/mol. The highest BCUT2D eigenvalue weighted by Crippen LogP contribution is 2.13. The number of nitrogens with one attached hydrogen (secondary N) is 1. The van der Waals surface area contributed by atoms with Crippen LogP contribution in [0.1, 0.15) is 6.42 Å². The number of carboxylic acid groups (broad SMARTS) is 1. The Kier molecular flexibility index (Phi) is 8.37. The topological polar surface area (TPSA) is 67.8 Å². The number of carbonyl (C=O) groups is 1. The first kappa shape index (κ1) is 17.9. The van der Waals surface area contributed by atoms with Crippen molar-refractivity contribution in [2.75, 3.05) is 26.8 Å². The van der Waals surface area contributed by atoms with Gasteiger partial charge >= 0.3 is 12.1 Å². The van der Waals surface area contributed by atoms with Gasteiger partial charge in [-0.05, 0) is 0 Å². The van der Waals surface area contributed by atoms with Gasteiger partial charge in [0.2, 0.25) is 0 Å². The van der Waals surface area contributed by atoms with Crippen LogP contribution in [0, 0.1) is 0 Å². The van der Waals surface area contributed by atoms with Gasteiger partial charge in [-0.25, -0.2) is 4.79 Å². The summed E-state index contributed by atoms with van der Waals surface area (Å²) in [5, 5.41) is 10.4. The Balaban J connectivity index is 0.000000399. The summed E-state index contributed by atoms with van der Waals surface area (Å²) in [5.41, 5.74) is 0. The Bertz CT molecular complexity index is 284. The van der Waals surface area contributed by atoms with Crippen molar-refractivity contribution < 1.29 is 32.5 Å². The molecule has 0 amide bonds. The number of methoxy groups -OCH3 is 1. The number of ether oxygens (including phenoxy) is 2. The maximum atomic E-state index is 10.6. The van der Waals surface area contributed by atoms with Crippen LogP contribution in [0.15, 0.2) is 12.7 Å². The van der Waals surface area contributed by atoms with Crippen LogP contribution in [0.4, 0.5) is 13.2 Å². The first-order valence-electron chi connectivity index (χ1n) is 5.57. The summed E-state index contributed by atoms with van der Waals surface area (Å²) in [7, 11) is 1.74. The van der Waals surface area contributed by atoms with E-state index in [0.29, 0.717) is 12.7 Å². The van der Waals surface area contributed by atoms with Gasteiger partial charge in [0.25, 0.3) is 0 Å². The molecule has 0 aromatic heterocycles. The van der Waals surface area contributed by atoms with E-state index in [4.69, 9.17) is 19.4 Å². The summed E-state index contributed by atoms with van der Waals surface area (Å²) in [4.78, 5) is 8.90. The van der Waals surface area contributed by atoms with E-state index in [0.717, 1.165) is 19.5 Å². The molecule has 1 rings (SSSR count). The highest BCUT2D eigenvalue weighted by atomic mass is 19.4. The van der Waals surface area contributed by atoms with E-state index in [1.165, 1.54) is 0 Å². The lowest BCUT2D eigenvalue weighted by atomic mass is 10.1. The number of halogens is 3. The molecule has 1 fully saturated rings. The van der Waals surface area contributed by atoms with E-state index in [2.05, 4.69) is 11.9 Å². The number of aliphatic carboxylic acids is 1. The molecule has 1 saturated heterocycles. The van der Waals surface area contributed by atoms with Crippen molar-refractivity contribution in [1.82, 2.24) is 5.32 Å². The van der Waals surface area contributed by atoms with Crippen LogP contribution in [0.3, 0.4) is 0 Å². The van der Waals surface area contributed by atoms with E-state index in [1.54, 1.807) is 13.2 Å². The Morgan fingerprint density at radius 2 is 2.00 bits per heavy atom. The number of hydrogen-bond donors (Lipinski definition) is 2. The third-order valence-corrected chi connectivity index (χ3v) is 2.30. The monoisotopic (exact) mass is 285 g/mol. The highest BCUT2D eigenvalue weighted by Gasteiger charge is 2.38. The van der Waals surface area contributed by atoms with Crippen molar-refractivity contribution in [2.24, 2.45) is 0 Å². The molecule has 0 aromatic rings. The highest BCUT2D eigenvalue weighted by molar-refractivity contribution is 5.73. The SMILES string of the molecule is C=CCOC1CNCC(OC)C1.O=C(O)C(F)(F)F. The van der Waals surface area contributed by atoms with Gasteiger partial charge in [-0.1, -0.05) is 6.08 Å². The zero-order valence-corrected chi connectivity index (χ0v) is 10.6. The van der Waals surface area contributed by atoms with Crippen LogP contribution in [-0.4, -0.2) is 56.3 Å². The zero-order valence-electron chi connectivity index (χ0n) is 10.6. The largest absolute Gasteiger partial charge is 0.490 e. The second kappa shape index (κ2) is 8.89. The van der Waals surface area contributed by atoms with Gasteiger partial charge in [0, 0.05) is 26.6 Å². The van der Waals surface area contributed by atoms with Gasteiger partial charge in [0.1, 0.15) is 0 Å². The molecule has 2 unspecified atom stereocenters. The van der Waals surface area contributed by atoms with E-state index in [-0.39, 0.29) is 6.10 Å². The molecule has 1 heterocycles. The second-order valence-corrected chi connectivity index (χ2v) is 3.80. The lowest BCUT2D eigenvalue weighted by molar-refractivity contribution is -0.192. The van der Waals surface area contributed by atoms with Gasteiger partial charge in [-0.2, -0.15) is 13.2 Å². The average Bonchev–Trinajstić information content (AvgIpc) is 2.36. The first-order valence-corrected chi connectivity index (χ1v) is 5.57. The van der Waals surface area contributed by atoms with Gasteiger partial charge in [-0.15, -0.1) is 6.58 Å². The standard InChI is InChI=1S/C9H17NO2.C2HF3O2/c1-3-4-12-9-5-8(11-2)6-10-7-9;3-2(4,5)1(6)7/h3,8-10H,1,4-7H2,2H3;(H,6,7). The predicted octanol–water partition coefficient (Wildman–Crippen LogP) is 1.20. The molecule has 2 N–H and O–H groups in total. The molecular weight excluding hydrogens is 267 g/mol. The van der Waals surface area contributed by atoms with Crippen molar-refractivity contribution in [2.45, 2.75) is 24.8 Å². The minimum absolute atomic E-state index is 0.279. The van der Waals surface area contributed by atoms with Gasteiger partial charge in [0.05, 0.1) is 18.8 Å². The van der Waals surface area contributed by atoms with Crippen molar-refractivity contribution in [3.8, 4) is 0 Å². The van der Waals surface area contributed by atoms with Crippen LogP contribution in [0.25, 0.3) is 0 Å². The molecule has 5 nitrogen and oxygen atoms in total. The number of carboxylic acids is 1. The van der Waals surface area contributed by atoms with Crippen molar-refractivity contribution >= 4 is 5.97 Å². The normalized spacial score (nSPS) is 23.2. The summed E-state index contributed by atoms with van der Waals surface area (Å²) in [5.74, 6) is -2.76. The third-order valence-electron chi connectivity index (χ3n) is 2.30. The van der Waals surface area contributed by atoms with Crippen LogP contribution in [0.2, 0.25) is 0 Å². The molecular formula is C11H18F3NO4. The molecule has 0 bridgehead atoms. The van der Waals surface area contributed by atoms with Crippen molar-refractivity contribution in [3.63, 3.8) is 0 Å². The molecule has 19 heavy (non-hydrogen) atoms. The van der Waals surface area contributed by atoms with E-state index in [9.17, 15) is 13.2 Å². The Hall–Kier alpha value is -1.12. The molecule has 1 aliphatic rings. The summed E-state index contributed by atoms with van der Waals surface area (Å²) in [6.07, 6.45) is -1.75. The fraction of sp³-hybridized carbons (Fsp3) is 0.727. The number of rotatable bonds is 4. The smallest absolute Gasteiger partial charge is 0.475 e. The van der Waals surface area contributed by atoms with E-state index in [1.807, 2.05) is 0 Å². The van der Waals surface area contributed by atoms with Crippen LogP contribution < -0.4 is 5.32 Å². The summed E-state index contributed by atoms with van der Waals surface area (Å²) in [6.45, 7) is 6.09. The minimum Gasteiger partial charge on any atom is -0.475 e. The van der Waals surface area contributed by atoms with Crippen LogP contribution in [-0.2, 0) is 14.3 Å². The maximum Gasteiger partial charge on any atom is 0.490 e. The zero-order chi connectivity index (χ0) is 14.9. The number of alkyl halides is 3. The van der Waals surface area contributed by atoms with Crippen molar-refractivity contribution in [1.29, 1.82) is 0 Å². The quantitative estimate of drug-likeness (QED) is 0.760.